The van der Waals surface area contributed by atoms with Crippen molar-refractivity contribution in [3.05, 3.63) is 108 Å². The Morgan fingerprint density at radius 1 is 1.29 bits per heavy atom. The summed E-state index contributed by atoms with van der Waals surface area (Å²) in [5, 5.41) is 4.79. The Labute approximate surface area is 182 Å². The Morgan fingerprint density at radius 2 is 2.10 bits per heavy atom. The number of nitrogens with zero attached hydrogens (tertiary/aromatic N) is 2. The number of allylic oxidation sites excluding steroid dienone is 3. The van der Waals surface area contributed by atoms with E-state index in [-0.39, 0.29) is 5.91 Å². The van der Waals surface area contributed by atoms with Crippen LogP contribution in [0, 0.1) is 6.92 Å². The number of nitrogens with one attached hydrogen (secondary N) is 3. The number of aromatic nitrogens is 1. The van der Waals surface area contributed by atoms with Gasteiger partial charge in [0.1, 0.15) is 0 Å². The van der Waals surface area contributed by atoms with E-state index in [1.54, 1.807) is 37.5 Å². The third kappa shape index (κ3) is 5.49. The SMILES string of the molecule is C=C(N)C(=C)/C=C\C=C(/C)C(=O)Nc1ccc(C)c(N2C=C(c3cccnc3)NN2)c1. The number of carbonyl (C=O) groups excluding carboxylic acids is 1. The summed E-state index contributed by atoms with van der Waals surface area (Å²) >= 11 is 0. The van der Waals surface area contributed by atoms with Crippen LogP contribution in [0.4, 0.5) is 11.4 Å². The van der Waals surface area contributed by atoms with Crippen LogP contribution in [0.15, 0.2) is 97.2 Å². The molecule has 5 N–H and O–H groups in total. The standard InChI is InChI=1S/C24H26N6O/c1-16(19(4)25)7-5-8-18(3)24(31)27-21-11-10-17(2)23(13-21)30-15-22(28-29-30)20-9-6-12-26-14-20/h5-15,28-29H,1,4,25H2,2-3H3,(H,27,31)/b7-5-,18-8+. The van der Waals surface area contributed by atoms with Gasteiger partial charge < -0.3 is 16.5 Å². The highest BCUT2D eigenvalue weighted by molar-refractivity contribution is 6.03. The zero-order valence-electron chi connectivity index (χ0n) is 17.6. The van der Waals surface area contributed by atoms with Crippen LogP contribution in [0.5, 0.6) is 0 Å². The molecular formula is C24H26N6O. The van der Waals surface area contributed by atoms with Crippen molar-refractivity contribution in [2.45, 2.75) is 13.8 Å². The first kappa shape index (κ1) is 21.6. The highest BCUT2D eigenvalue weighted by atomic mass is 16.1. The molecule has 1 aliphatic heterocycles. The molecular weight excluding hydrogens is 388 g/mol. The molecule has 1 amide bonds. The number of nitrogens with two attached hydrogens (primary N) is 1. The molecule has 1 aliphatic rings. The summed E-state index contributed by atoms with van der Waals surface area (Å²) in [6.07, 6.45) is 10.6. The first-order valence-electron chi connectivity index (χ1n) is 9.69. The van der Waals surface area contributed by atoms with E-state index < -0.39 is 0 Å². The van der Waals surface area contributed by atoms with Crippen molar-refractivity contribution in [3.63, 3.8) is 0 Å². The second-order valence-electron chi connectivity index (χ2n) is 7.11. The highest BCUT2D eigenvalue weighted by Gasteiger charge is 2.17. The fourth-order valence-electron chi connectivity index (χ4n) is 2.78. The van der Waals surface area contributed by atoms with Crippen LogP contribution in [-0.4, -0.2) is 10.9 Å². The molecule has 0 unspecified atom stereocenters. The minimum atomic E-state index is -0.198. The van der Waals surface area contributed by atoms with Crippen molar-refractivity contribution < 1.29 is 4.79 Å². The minimum absolute atomic E-state index is 0.198. The van der Waals surface area contributed by atoms with Gasteiger partial charge in [0.25, 0.3) is 5.91 Å². The summed E-state index contributed by atoms with van der Waals surface area (Å²) < 4.78 is 0. The van der Waals surface area contributed by atoms with Crippen LogP contribution in [-0.2, 0) is 4.79 Å². The van der Waals surface area contributed by atoms with Gasteiger partial charge >= 0.3 is 0 Å². The van der Waals surface area contributed by atoms with Crippen molar-refractivity contribution >= 4 is 23.0 Å². The summed E-state index contributed by atoms with van der Waals surface area (Å²) in [5.74, 6) is -0.198. The quantitative estimate of drug-likeness (QED) is 0.408. The van der Waals surface area contributed by atoms with Gasteiger partial charge in [0.15, 0.2) is 0 Å². The third-order valence-electron chi connectivity index (χ3n) is 4.68. The topological polar surface area (TPSA) is 95.3 Å². The van der Waals surface area contributed by atoms with Crippen molar-refractivity contribution in [1.29, 1.82) is 0 Å². The molecule has 0 aliphatic carbocycles. The van der Waals surface area contributed by atoms with E-state index in [9.17, 15) is 4.79 Å². The number of benzene rings is 1. The molecule has 7 nitrogen and oxygen atoms in total. The van der Waals surface area contributed by atoms with Gasteiger partial charge in [-0.05, 0) is 49.2 Å². The molecule has 31 heavy (non-hydrogen) atoms. The number of anilines is 2. The first-order valence-corrected chi connectivity index (χ1v) is 9.69. The van der Waals surface area contributed by atoms with E-state index in [1.165, 1.54) is 0 Å². The molecule has 0 radical (unpaired) electrons. The van der Waals surface area contributed by atoms with Gasteiger partial charge in [0, 0.05) is 41.1 Å². The second kappa shape index (κ2) is 9.60. The fourth-order valence-corrected chi connectivity index (χ4v) is 2.78. The lowest BCUT2D eigenvalue weighted by atomic mass is 10.1. The Kier molecular flexibility index (Phi) is 6.69. The first-order chi connectivity index (χ1) is 14.8. The maximum Gasteiger partial charge on any atom is 0.251 e. The number of carbonyl (C=O) groups is 1. The van der Waals surface area contributed by atoms with Crippen LogP contribution in [0.2, 0.25) is 0 Å². The molecule has 158 valence electrons. The summed E-state index contributed by atoms with van der Waals surface area (Å²) in [6.45, 7) is 11.1. The molecule has 0 fully saturated rings. The van der Waals surface area contributed by atoms with Crippen molar-refractivity contribution in [3.8, 4) is 0 Å². The van der Waals surface area contributed by atoms with Gasteiger partial charge in [-0.3, -0.25) is 14.8 Å². The Balaban J connectivity index is 1.73. The summed E-state index contributed by atoms with van der Waals surface area (Å²) in [6, 6.07) is 9.60. The Hall–Kier alpha value is -4.10. The van der Waals surface area contributed by atoms with Gasteiger partial charge in [0.05, 0.1) is 11.4 Å². The van der Waals surface area contributed by atoms with Gasteiger partial charge in [-0.2, -0.15) is 0 Å². The monoisotopic (exact) mass is 414 g/mol. The number of amides is 1. The molecule has 0 atom stereocenters. The molecule has 7 heteroatoms. The average Bonchev–Trinajstić information content (AvgIpc) is 3.25. The lowest BCUT2D eigenvalue weighted by Gasteiger charge is -2.19. The minimum Gasteiger partial charge on any atom is -0.399 e. The Bertz CT molecular complexity index is 1100. The zero-order valence-corrected chi connectivity index (χ0v) is 17.6. The number of hydrogen-bond donors (Lipinski definition) is 4. The average molecular weight is 415 g/mol. The summed E-state index contributed by atoms with van der Waals surface area (Å²) in [5.41, 5.74) is 17.9. The molecule has 1 aromatic heterocycles. The van der Waals surface area contributed by atoms with Crippen LogP contribution >= 0.6 is 0 Å². The van der Waals surface area contributed by atoms with Crippen molar-refractivity contribution in [2.75, 3.05) is 10.3 Å². The van der Waals surface area contributed by atoms with Crippen LogP contribution in [0.25, 0.3) is 5.70 Å². The number of pyridine rings is 1. The molecule has 0 saturated heterocycles. The molecule has 0 saturated carbocycles. The normalized spacial score (nSPS) is 13.7. The summed E-state index contributed by atoms with van der Waals surface area (Å²) in [4.78, 5) is 16.7. The maximum atomic E-state index is 12.5. The van der Waals surface area contributed by atoms with E-state index in [0.717, 1.165) is 22.5 Å². The lowest BCUT2D eigenvalue weighted by Crippen LogP contribution is -2.36. The van der Waals surface area contributed by atoms with Gasteiger partial charge in [-0.1, -0.05) is 37.5 Å². The van der Waals surface area contributed by atoms with E-state index in [1.807, 2.05) is 48.5 Å². The largest absolute Gasteiger partial charge is 0.399 e. The fraction of sp³-hybridized carbons (Fsp3) is 0.0833. The number of rotatable bonds is 7. The van der Waals surface area contributed by atoms with E-state index >= 15 is 0 Å². The predicted octanol–water partition coefficient (Wildman–Crippen LogP) is 3.69. The van der Waals surface area contributed by atoms with E-state index in [2.05, 4.69) is 34.4 Å². The highest BCUT2D eigenvalue weighted by Crippen LogP contribution is 2.27. The molecule has 0 spiro atoms. The van der Waals surface area contributed by atoms with Crippen LogP contribution in [0.1, 0.15) is 18.1 Å². The third-order valence-corrected chi connectivity index (χ3v) is 4.68. The second-order valence-corrected chi connectivity index (χ2v) is 7.11. The van der Waals surface area contributed by atoms with Crippen LogP contribution < -0.4 is 27.0 Å². The lowest BCUT2D eigenvalue weighted by molar-refractivity contribution is -0.112. The van der Waals surface area contributed by atoms with Gasteiger partial charge in [0.2, 0.25) is 0 Å². The van der Waals surface area contributed by atoms with Gasteiger partial charge in [-0.25, -0.2) is 0 Å². The van der Waals surface area contributed by atoms with Crippen molar-refractivity contribution in [1.82, 2.24) is 15.9 Å². The molecule has 1 aromatic carbocycles. The Morgan fingerprint density at radius 3 is 2.81 bits per heavy atom. The predicted molar refractivity (Wildman–Crippen MR) is 126 cm³/mol. The zero-order chi connectivity index (χ0) is 22.4. The molecule has 2 aromatic rings. The number of hydrogen-bond acceptors (Lipinski definition) is 6. The molecule has 3 rings (SSSR count). The van der Waals surface area contributed by atoms with E-state index in [0.29, 0.717) is 22.5 Å². The van der Waals surface area contributed by atoms with E-state index in [4.69, 9.17) is 5.73 Å². The molecule has 0 bridgehead atoms. The smallest absolute Gasteiger partial charge is 0.251 e. The number of hydrazine groups is 2. The van der Waals surface area contributed by atoms with Gasteiger partial charge in [-0.15, -0.1) is 5.53 Å². The number of aryl methyl sites for hydroxylation is 1. The maximum absolute atomic E-state index is 12.5. The summed E-state index contributed by atoms with van der Waals surface area (Å²) in [7, 11) is 0. The molecule has 2 heterocycles. The van der Waals surface area contributed by atoms with Crippen LogP contribution in [0.3, 0.4) is 0 Å². The van der Waals surface area contributed by atoms with Crippen molar-refractivity contribution in [2.24, 2.45) is 5.73 Å².